The summed E-state index contributed by atoms with van der Waals surface area (Å²) in [6.45, 7) is 2.88. The van der Waals surface area contributed by atoms with E-state index in [0.717, 1.165) is 13.0 Å². The van der Waals surface area contributed by atoms with Crippen molar-refractivity contribution in [2.45, 2.75) is 19.4 Å². The molecule has 1 aromatic rings. The Balaban J connectivity index is 2.22. The molecule has 0 spiro atoms. The van der Waals surface area contributed by atoms with Crippen molar-refractivity contribution >= 4 is 5.57 Å². The third kappa shape index (κ3) is 1.99. The number of benzene rings is 1. The van der Waals surface area contributed by atoms with Crippen molar-refractivity contribution < 1.29 is 4.74 Å². The topological polar surface area (TPSA) is 9.23 Å². The van der Waals surface area contributed by atoms with Gasteiger partial charge >= 0.3 is 0 Å². The van der Waals surface area contributed by atoms with Gasteiger partial charge in [-0.3, -0.25) is 0 Å². The SMILES string of the molecule is CC1CC(c2ccccc2)=CCO1. The average molecular weight is 174 g/mol. The van der Waals surface area contributed by atoms with E-state index in [1.54, 1.807) is 0 Å². The van der Waals surface area contributed by atoms with E-state index >= 15 is 0 Å². The summed E-state index contributed by atoms with van der Waals surface area (Å²) in [5.41, 5.74) is 2.75. The van der Waals surface area contributed by atoms with Crippen molar-refractivity contribution in [1.29, 1.82) is 0 Å². The molecule has 1 atom stereocenters. The molecule has 1 heterocycles. The molecule has 0 bridgehead atoms. The zero-order valence-corrected chi connectivity index (χ0v) is 7.86. The van der Waals surface area contributed by atoms with Crippen LogP contribution in [0.25, 0.3) is 5.57 Å². The second-order valence-corrected chi connectivity index (χ2v) is 3.44. The van der Waals surface area contributed by atoms with Crippen molar-refractivity contribution in [2.24, 2.45) is 0 Å². The molecule has 2 rings (SSSR count). The molecule has 68 valence electrons. The van der Waals surface area contributed by atoms with Crippen LogP contribution in [0, 0.1) is 0 Å². The summed E-state index contributed by atoms with van der Waals surface area (Å²) in [6, 6.07) is 10.5. The summed E-state index contributed by atoms with van der Waals surface area (Å²) in [5, 5.41) is 0. The molecule has 1 aromatic carbocycles. The predicted molar refractivity (Wildman–Crippen MR) is 54.5 cm³/mol. The molecule has 0 saturated carbocycles. The summed E-state index contributed by atoms with van der Waals surface area (Å²) in [6.07, 6.45) is 3.57. The standard InChI is InChI=1S/C12H14O/c1-10-9-12(7-8-13-10)11-5-3-2-4-6-11/h2-7,10H,8-9H2,1H3. The van der Waals surface area contributed by atoms with Gasteiger partial charge in [-0.05, 0) is 24.5 Å². The second-order valence-electron chi connectivity index (χ2n) is 3.44. The van der Waals surface area contributed by atoms with E-state index in [9.17, 15) is 0 Å². The van der Waals surface area contributed by atoms with Crippen LogP contribution in [0.15, 0.2) is 36.4 Å². The van der Waals surface area contributed by atoms with E-state index in [1.165, 1.54) is 11.1 Å². The van der Waals surface area contributed by atoms with Gasteiger partial charge in [-0.15, -0.1) is 0 Å². The minimum absolute atomic E-state index is 0.361. The first-order chi connectivity index (χ1) is 6.36. The molecular formula is C12H14O. The molecule has 1 aliphatic heterocycles. The van der Waals surface area contributed by atoms with Crippen LogP contribution in [-0.4, -0.2) is 12.7 Å². The van der Waals surface area contributed by atoms with Gasteiger partial charge in [-0.25, -0.2) is 0 Å². The van der Waals surface area contributed by atoms with Gasteiger partial charge in [0.05, 0.1) is 12.7 Å². The van der Waals surface area contributed by atoms with Crippen LogP contribution in [0.1, 0.15) is 18.9 Å². The largest absolute Gasteiger partial charge is 0.374 e. The predicted octanol–water partition coefficient (Wildman–Crippen LogP) is 2.88. The Bertz CT molecular complexity index is 300. The molecule has 0 amide bonds. The molecular weight excluding hydrogens is 160 g/mol. The minimum atomic E-state index is 0.361. The summed E-state index contributed by atoms with van der Waals surface area (Å²) in [7, 11) is 0. The van der Waals surface area contributed by atoms with Crippen LogP contribution >= 0.6 is 0 Å². The van der Waals surface area contributed by atoms with Gasteiger partial charge in [-0.1, -0.05) is 36.4 Å². The molecule has 0 aliphatic carbocycles. The summed E-state index contributed by atoms with van der Waals surface area (Å²) in [5.74, 6) is 0. The Morgan fingerprint density at radius 3 is 2.69 bits per heavy atom. The molecule has 0 aromatic heterocycles. The lowest BCUT2D eigenvalue weighted by Gasteiger charge is -2.20. The lowest BCUT2D eigenvalue weighted by Crippen LogP contribution is -2.13. The molecule has 1 heteroatoms. The minimum Gasteiger partial charge on any atom is -0.374 e. The first-order valence-corrected chi connectivity index (χ1v) is 4.72. The highest BCUT2D eigenvalue weighted by molar-refractivity contribution is 5.66. The van der Waals surface area contributed by atoms with E-state index < -0.39 is 0 Å². The summed E-state index contributed by atoms with van der Waals surface area (Å²) < 4.78 is 5.45. The first kappa shape index (κ1) is 8.52. The molecule has 1 aliphatic rings. The molecule has 0 N–H and O–H groups in total. The number of hydrogen-bond donors (Lipinski definition) is 0. The van der Waals surface area contributed by atoms with E-state index in [0.29, 0.717) is 6.10 Å². The molecule has 1 nitrogen and oxygen atoms in total. The lowest BCUT2D eigenvalue weighted by molar-refractivity contribution is 0.0851. The third-order valence-corrected chi connectivity index (χ3v) is 2.36. The Morgan fingerprint density at radius 1 is 1.23 bits per heavy atom. The lowest BCUT2D eigenvalue weighted by atomic mass is 9.99. The Morgan fingerprint density at radius 2 is 2.00 bits per heavy atom. The maximum Gasteiger partial charge on any atom is 0.0657 e. The second kappa shape index (κ2) is 3.75. The van der Waals surface area contributed by atoms with Crippen LogP contribution in [0.2, 0.25) is 0 Å². The van der Waals surface area contributed by atoms with E-state index in [2.05, 4.69) is 37.3 Å². The van der Waals surface area contributed by atoms with E-state index in [-0.39, 0.29) is 0 Å². The maximum absolute atomic E-state index is 5.45. The Hall–Kier alpha value is -1.08. The van der Waals surface area contributed by atoms with Crippen molar-refractivity contribution in [1.82, 2.24) is 0 Å². The van der Waals surface area contributed by atoms with Gasteiger partial charge < -0.3 is 4.74 Å². The molecule has 0 radical (unpaired) electrons. The zero-order valence-electron chi connectivity index (χ0n) is 7.86. The first-order valence-electron chi connectivity index (χ1n) is 4.72. The van der Waals surface area contributed by atoms with Gasteiger partial charge in [0.2, 0.25) is 0 Å². The third-order valence-electron chi connectivity index (χ3n) is 2.36. The van der Waals surface area contributed by atoms with Crippen molar-refractivity contribution in [3.05, 3.63) is 42.0 Å². The Kier molecular flexibility index (Phi) is 2.46. The number of ether oxygens (including phenoxy) is 1. The molecule has 1 unspecified atom stereocenters. The van der Waals surface area contributed by atoms with Crippen LogP contribution in [-0.2, 0) is 4.74 Å². The fourth-order valence-electron chi connectivity index (χ4n) is 1.65. The van der Waals surface area contributed by atoms with Gasteiger partial charge in [0, 0.05) is 0 Å². The van der Waals surface area contributed by atoms with Gasteiger partial charge in [0.15, 0.2) is 0 Å². The average Bonchev–Trinajstić information content (AvgIpc) is 2.19. The van der Waals surface area contributed by atoms with Crippen LogP contribution in [0.4, 0.5) is 0 Å². The number of hydrogen-bond acceptors (Lipinski definition) is 1. The van der Waals surface area contributed by atoms with E-state index in [4.69, 9.17) is 4.74 Å². The van der Waals surface area contributed by atoms with Gasteiger partial charge in [0.25, 0.3) is 0 Å². The fourth-order valence-corrected chi connectivity index (χ4v) is 1.65. The highest BCUT2D eigenvalue weighted by Crippen LogP contribution is 2.23. The maximum atomic E-state index is 5.45. The van der Waals surface area contributed by atoms with Crippen molar-refractivity contribution in [2.75, 3.05) is 6.61 Å². The van der Waals surface area contributed by atoms with Crippen LogP contribution in [0.5, 0.6) is 0 Å². The summed E-state index contributed by atoms with van der Waals surface area (Å²) in [4.78, 5) is 0. The zero-order chi connectivity index (χ0) is 9.10. The molecule has 0 saturated heterocycles. The number of rotatable bonds is 1. The summed E-state index contributed by atoms with van der Waals surface area (Å²) >= 11 is 0. The van der Waals surface area contributed by atoms with Crippen LogP contribution < -0.4 is 0 Å². The highest BCUT2D eigenvalue weighted by Gasteiger charge is 2.11. The monoisotopic (exact) mass is 174 g/mol. The van der Waals surface area contributed by atoms with E-state index in [1.807, 2.05) is 6.07 Å². The fraction of sp³-hybridized carbons (Fsp3) is 0.333. The van der Waals surface area contributed by atoms with Crippen molar-refractivity contribution in [3.8, 4) is 0 Å². The smallest absolute Gasteiger partial charge is 0.0657 e. The van der Waals surface area contributed by atoms with Gasteiger partial charge in [-0.2, -0.15) is 0 Å². The molecule has 13 heavy (non-hydrogen) atoms. The highest BCUT2D eigenvalue weighted by atomic mass is 16.5. The molecule has 0 fully saturated rings. The normalized spacial score (nSPS) is 22.5. The van der Waals surface area contributed by atoms with Gasteiger partial charge in [0.1, 0.15) is 0 Å². The quantitative estimate of drug-likeness (QED) is 0.636. The van der Waals surface area contributed by atoms with Crippen LogP contribution in [0.3, 0.4) is 0 Å². The van der Waals surface area contributed by atoms with Crippen molar-refractivity contribution in [3.63, 3.8) is 0 Å². The Labute approximate surface area is 79.0 Å².